The van der Waals surface area contributed by atoms with Crippen LogP contribution in [0.4, 0.5) is 5.95 Å². The summed E-state index contributed by atoms with van der Waals surface area (Å²) in [6, 6.07) is 5.79. The van der Waals surface area contributed by atoms with Gasteiger partial charge in [-0.25, -0.2) is 9.97 Å². The summed E-state index contributed by atoms with van der Waals surface area (Å²) in [6.45, 7) is 4.13. The molecule has 170 valence electrons. The van der Waals surface area contributed by atoms with Crippen molar-refractivity contribution in [3.8, 4) is 17.2 Å². The first kappa shape index (κ1) is 22.4. The van der Waals surface area contributed by atoms with Gasteiger partial charge < -0.3 is 9.47 Å². The third-order valence-electron chi connectivity index (χ3n) is 5.69. The van der Waals surface area contributed by atoms with E-state index in [4.69, 9.17) is 9.47 Å². The topological polar surface area (TPSA) is 87.0 Å². The highest BCUT2D eigenvalue weighted by Gasteiger charge is 2.28. The van der Waals surface area contributed by atoms with Gasteiger partial charge in [0.05, 0.1) is 14.2 Å². The predicted molar refractivity (Wildman–Crippen MR) is 127 cm³/mol. The van der Waals surface area contributed by atoms with Gasteiger partial charge in [0.25, 0.3) is 0 Å². The van der Waals surface area contributed by atoms with Crippen molar-refractivity contribution in [2.24, 2.45) is 0 Å². The van der Waals surface area contributed by atoms with Gasteiger partial charge in [0, 0.05) is 30.0 Å². The van der Waals surface area contributed by atoms with E-state index in [9.17, 15) is 0 Å². The van der Waals surface area contributed by atoms with Crippen LogP contribution in [-0.4, -0.2) is 44.2 Å². The van der Waals surface area contributed by atoms with E-state index in [1.807, 2.05) is 37.5 Å². The van der Waals surface area contributed by atoms with E-state index in [-0.39, 0.29) is 5.25 Å². The number of nitrogens with one attached hydrogen (secondary N) is 1. The van der Waals surface area contributed by atoms with Crippen LogP contribution in [0.2, 0.25) is 0 Å². The van der Waals surface area contributed by atoms with E-state index < -0.39 is 0 Å². The van der Waals surface area contributed by atoms with Crippen LogP contribution in [0, 0.1) is 6.92 Å². The molecule has 8 nitrogen and oxygen atoms in total. The van der Waals surface area contributed by atoms with Crippen molar-refractivity contribution in [2.45, 2.75) is 57.1 Å². The zero-order valence-corrected chi connectivity index (χ0v) is 19.9. The van der Waals surface area contributed by atoms with E-state index in [0.29, 0.717) is 11.9 Å². The molecule has 1 aliphatic carbocycles. The lowest BCUT2D eigenvalue weighted by molar-refractivity contribution is 0.390. The molecule has 3 aromatic rings. The van der Waals surface area contributed by atoms with E-state index in [1.54, 1.807) is 26.2 Å². The van der Waals surface area contributed by atoms with Crippen LogP contribution >= 0.6 is 11.9 Å². The van der Waals surface area contributed by atoms with Crippen molar-refractivity contribution in [3.05, 3.63) is 47.8 Å². The summed E-state index contributed by atoms with van der Waals surface area (Å²) in [5, 5.41) is 9.35. The summed E-state index contributed by atoms with van der Waals surface area (Å²) in [7, 11) is 3.34. The Balaban J connectivity index is 1.62. The number of hydrogen-bond donors (Lipinski definition) is 1. The molecular weight excluding hydrogens is 424 g/mol. The molecule has 0 spiro atoms. The smallest absolute Gasteiger partial charge is 0.239 e. The molecule has 1 aliphatic rings. The summed E-state index contributed by atoms with van der Waals surface area (Å²) in [6.07, 6.45) is 9.11. The molecule has 0 amide bonds. The van der Waals surface area contributed by atoms with Gasteiger partial charge in [0.1, 0.15) is 28.8 Å². The number of aryl methyl sites for hydroxylation is 1. The minimum absolute atomic E-state index is 0.234. The van der Waals surface area contributed by atoms with Crippen LogP contribution in [0.3, 0.4) is 0 Å². The van der Waals surface area contributed by atoms with Gasteiger partial charge >= 0.3 is 0 Å². The minimum atomic E-state index is 0.234. The minimum Gasteiger partial charge on any atom is -0.494 e. The average Bonchev–Trinajstić information content (AvgIpc) is 3.48. The molecule has 9 heteroatoms. The Morgan fingerprint density at radius 3 is 2.38 bits per heavy atom. The van der Waals surface area contributed by atoms with Gasteiger partial charge in [-0.05, 0) is 49.4 Å². The summed E-state index contributed by atoms with van der Waals surface area (Å²) in [4.78, 5) is 8.84. The summed E-state index contributed by atoms with van der Waals surface area (Å²) < 4.78 is 16.9. The maximum absolute atomic E-state index is 5.69. The Kier molecular flexibility index (Phi) is 7.14. The van der Waals surface area contributed by atoms with Crippen LogP contribution in [0.25, 0.3) is 5.69 Å². The number of hydrogen-bond acceptors (Lipinski definition) is 8. The van der Waals surface area contributed by atoms with E-state index in [2.05, 4.69) is 36.4 Å². The molecule has 1 saturated carbocycles. The Labute approximate surface area is 193 Å². The Morgan fingerprint density at radius 2 is 1.75 bits per heavy atom. The number of anilines is 1. The highest BCUT2D eigenvalue weighted by molar-refractivity contribution is 8.01. The highest BCUT2D eigenvalue weighted by atomic mass is 32.2. The number of rotatable bonds is 9. The second-order valence-corrected chi connectivity index (χ2v) is 9.37. The van der Waals surface area contributed by atoms with Crippen LogP contribution in [0.15, 0.2) is 30.6 Å². The highest BCUT2D eigenvalue weighted by Crippen LogP contribution is 2.40. The van der Waals surface area contributed by atoms with Crippen LogP contribution in [-0.2, 0) is 6.42 Å². The van der Waals surface area contributed by atoms with E-state index >= 15 is 0 Å². The maximum atomic E-state index is 5.69. The molecule has 1 N–H and O–H groups in total. The summed E-state index contributed by atoms with van der Waals surface area (Å²) in [5.74, 6) is 4.25. The third-order valence-corrected chi connectivity index (χ3v) is 6.56. The van der Waals surface area contributed by atoms with Crippen LogP contribution < -0.4 is 14.2 Å². The van der Waals surface area contributed by atoms with Gasteiger partial charge in [-0.3, -0.25) is 9.29 Å². The van der Waals surface area contributed by atoms with E-state index in [0.717, 1.165) is 53.7 Å². The monoisotopic (exact) mass is 454 g/mol. The van der Waals surface area contributed by atoms with Crippen molar-refractivity contribution in [2.75, 3.05) is 18.9 Å². The van der Waals surface area contributed by atoms with Crippen molar-refractivity contribution in [1.82, 2.24) is 24.7 Å². The molecule has 1 atom stereocenters. The van der Waals surface area contributed by atoms with Crippen molar-refractivity contribution < 1.29 is 9.47 Å². The molecule has 0 aliphatic heterocycles. The van der Waals surface area contributed by atoms with Crippen LogP contribution in [0.5, 0.6) is 11.5 Å². The largest absolute Gasteiger partial charge is 0.494 e. The molecule has 32 heavy (non-hydrogen) atoms. The number of aromatic nitrogens is 5. The molecule has 0 saturated heterocycles. The number of methoxy groups -OCH3 is 2. The standard InChI is InChI=1S/C23H30N6O2S/c1-15-13-24-20(25-14-15)12-16(2)32-28-23-27-26-22(17-8-5-6-9-17)29(23)21-18(30-3)10-7-11-19(21)31-4/h7,10-11,13-14,16-17H,5-6,8-9,12H2,1-4H3,(H,27,28). The van der Waals surface area contributed by atoms with Gasteiger partial charge in [-0.1, -0.05) is 25.8 Å². The molecule has 1 unspecified atom stereocenters. The number of para-hydroxylation sites is 1. The van der Waals surface area contributed by atoms with Gasteiger partial charge in [0.2, 0.25) is 5.95 Å². The fourth-order valence-electron chi connectivity index (χ4n) is 4.06. The lowest BCUT2D eigenvalue weighted by Crippen LogP contribution is -2.12. The molecule has 1 fully saturated rings. The second kappa shape index (κ2) is 10.2. The quantitative estimate of drug-likeness (QED) is 0.464. The fraction of sp³-hybridized carbons (Fsp3) is 0.478. The zero-order valence-electron chi connectivity index (χ0n) is 19.0. The number of benzene rings is 1. The molecule has 2 aromatic heterocycles. The lowest BCUT2D eigenvalue weighted by Gasteiger charge is -2.19. The van der Waals surface area contributed by atoms with Crippen LogP contribution in [0.1, 0.15) is 55.7 Å². The molecular formula is C23H30N6O2S. The van der Waals surface area contributed by atoms with Crippen molar-refractivity contribution in [1.29, 1.82) is 0 Å². The molecule has 1 aromatic carbocycles. The average molecular weight is 455 g/mol. The predicted octanol–water partition coefficient (Wildman–Crippen LogP) is 4.73. The first-order chi connectivity index (χ1) is 15.6. The number of nitrogens with zero attached hydrogens (tertiary/aromatic N) is 5. The second-order valence-electron chi connectivity index (χ2n) is 8.12. The molecule has 0 radical (unpaired) electrons. The van der Waals surface area contributed by atoms with Gasteiger partial charge in [-0.2, -0.15) is 0 Å². The van der Waals surface area contributed by atoms with Gasteiger partial charge in [-0.15, -0.1) is 10.2 Å². The zero-order chi connectivity index (χ0) is 22.5. The Morgan fingerprint density at radius 1 is 1.09 bits per heavy atom. The first-order valence-electron chi connectivity index (χ1n) is 11.0. The lowest BCUT2D eigenvalue weighted by atomic mass is 10.1. The van der Waals surface area contributed by atoms with E-state index in [1.165, 1.54) is 12.8 Å². The molecule has 4 rings (SSSR count). The maximum Gasteiger partial charge on any atom is 0.239 e. The van der Waals surface area contributed by atoms with Gasteiger partial charge in [0.15, 0.2) is 0 Å². The Bertz CT molecular complexity index is 1010. The SMILES string of the molecule is COc1cccc(OC)c1-n1c(NSC(C)Cc2ncc(C)cn2)nnc1C1CCCC1. The van der Waals surface area contributed by atoms with Crippen molar-refractivity contribution >= 4 is 17.9 Å². The molecule has 0 bridgehead atoms. The third kappa shape index (κ3) is 4.82. The fourth-order valence-corrected chi connectivity index (χ4v) is 4.73. The number of ether oxygens (including phenoxy) is 2. The van der Waals surface area contributed by atoms with Crippen molar-refractivity contribution in [3.63, 3.8) is 0 Å². The molecule has 2 heterocycles. The summed E-state index contributed by atoms with van der Waals surface area (Å²) >= 11 is 1.59. The normalized spacial score (nSPS) is 15.0. The first-order valence-corrected chi connectivity index (χ1v) is 11.8. The Hall–Kier alpha value is -2.81. The summed E-state index contributed by atoms with van der Waals surface area (Å²) in [5.41, 5.74) is 1.88.